The number of rotatable bonds is 31. The molecule has 65 heavy (non-hydrogen) atoms. The summed E-state index contributed by atoms with van der Waals surface area (Å²) in [4.78, 5) is 20.0. The highest BCUT2D eigenvalue weighted by molar-refractivity contribution is 5.79. The fraction of sp³-hybridized carbons (Fsp3) is 0.604. The molecule has 0 aromatic carbocycles. The maximum atomic E-state index is 10.7. The lowest BCUT2D eigenvalue weighted by Crippen LogP contribution is -2.37. The molecule has 0 spiro atoms. The zero-order chi connectivity index (χ0) is 47.2. The first kappa shape index (κ1) is 55.0. The van der Waals surface area contributed by atoms with Gasteiger partial charge < -0.3 is 44.0 Å². The first-order chi connectivity index (χ1) is 31.4. The fourth-order valence-electron chi connectivity index (χ4n) is 8.26. The Hall–Kier alpha value is -4.33. The van der Waals surface area contributed by atoms with E-state index < -0.39 is 12.1 Å². The van der Waals surface area contributed by atoms with Gasteiger partial charge in [-0.25, -0.2) is 9.78 Å². The number of aliphatic hydroxyl groups excluding tert-OH is 1. The monoisotopic (exact) mass is 904 g/mol. The normalized spacial score (nSPS) is 23.1. The minimum absolute atomic E-state index is 0.0446. The number of aliphatic carboxylic acids is 1. The predicted molar refractivity (Wildman–Crippen MR) is 261 cm³/mol. The third-order valence-electron chi connectivity index (χ3n) is 11.7. The molecular formula is C53H81N3O9. The number of allylic oxidation sites excluding steroid dienone is 7. The van der Waals surface area contributed by atoms with Crippen LogP contribution < -0.4 is 5.73 Å². The van der Waals surface area contributed by atoms with Crippen LogP contribution in [0.2, 0.25) is 0 Å². The number of aliphatic imine (C=N–C) groups is 1. The Balaban J connectivity index is 1.36. The Labute approximate surface area is 390 Å². The largest absolute Gasteiger partial charge is 0.502 e. The molecular weight excluding hydrogens is 823 g/mol. The van der Waals surface area contributed by atoms with E-state index in [-0.39, 0.29) is 36.6 Å². The second kappa shape index (κ2) is 32.4. The van der Waals surface area contributed by atoms with Gasteiger partial charge in [-0.15, -0.1) is 0 Å². The number of aliphatic hydroxyl groups is 1. The van der Waals surface area contributed by atoms with Gasteiger partial charge in [-0.05, 0) is 115 Å². The number of nitrogens with two attached hydrogens (primary N) is 1. The molecule has 0 radical (unpaired) electrons. The van der Waals surface area contributed by atoms with E-state index in [1.54, 1.807) is 46.1 Å². The molecule has 0 aliphatic carbocycles. The van der Waals surface area contributed by atoms with Crippen molar-refractivity contribution in [1.82, 2.24) is 4.98 Å². The minimum Gasteiger partial charge on any atom is -0.502 e. The van der Waals surface area contributed by atoms with Crippen LogP contribution in [0.4, 0.5) is 0 Å². The van der Waals surface area contributed by atoms with Crippen molar-refractivity contribution in [3.05, 3.63) is 108 Å². The second-order valence-electron chi connectivity index (χ2n) is 17.7. The summed E-state index contributed by atoms with van der Waals surface area (Å²) in [5.74, 6) is 0.142. The van der Waals surface area contributed by atoms with E-state index in [0.717, 1.165) is 119 Å². The van der Waals surface area contributed by atoms with Crippen LogP contribution in [0.25, 0.3) is 6.08 Å². The fourth-order valence-corrected chi connectivity index (χ4v) is 8.26. The molecule has 8 atom stereocenters. The Morgan fingerprint density at radius 3 is 2.60 bits per heavy atom. The van der Waals surface area contributed by atoms with E-state index in [2.05, 4.69) is 55.8 Å². The standard InChI is InChI=1S/C53H81N3O9/c1-8-9-21-45(61-6)27-25-39(2)26-28-47-34-48(62-7)35-49(64-47)36-52-56-43(37-63-52)32-42(54)30-40(3)19-14-11-10-12-17-29-55-50(38-60-5)51-23-18-22-46(65-51)33-44(57)31-41(4)20-15-13-16-24-53(58)59/h8-9,12,16-17,24-27,29,32,37-38,40,44-49,51,57H,4,10-11,13-15,18-23,28,30-31,33-36,54H2,1-3,5-7H3,(H,58,59)/b9-8+,17-12+,24-16-,27-25+,39-26+,42-32-,50-38-,55-29+. The Kier molecular flexibility index (Phi) is 27.4. The highest BCUT2D eigenvalue weighted by Gasteiger charge is 2.30. The molecule has 2 fully saturated rings. The molecule has 362 valence electrons. The number of carbonyl (C=O) groups is 1. The van der Waals surface area contributed by atoms with Crippen molar-refractivity contribution in [2.75, 3.05) is 21.3 Å². The number of methoxy groups -OCH3 is 3. The number of ether oxygens (including phenoxy) is 5. The summed E-state index contributed by atoms with van der Waals surface area (Å²) in [6, 6.07) is 0. The number of nitrogens with zero attached hydrogens (tertiary/aromatic N) is 2. The van der Waals surface area contributed by atoms with Gasteiger partial charge in [0.05, 0.1) is 50.2 Å². The smallest absolute Gasteiger partial charge is 0.327 e. The third-order valence-corrected chi connectivity index (χ3v) is 11.7. The van der Waals surface area contributed by atoms with Crippen LogP contribution >= 0.6 is 0 Å². The quantitative estimate of drug-likeness (QED) is 0.0162. The van der Waals surface area contributed by atoms with Gasteiger partial charge in [0.1, 0.15) is 30.0 Å². The van der Waals surface area contributed by atoms with Crippen molar-refractivity contribution >= 4 is 18.3 Å². The number of carboxylic acid groups (broad SMARTS) is 1. The third kappa shape index (κ3) is 24.1. The van der Waals surface area contributed by atoms with Crippen molar-refractivity contribution in [3.63, 3.8) is 0 Å². The molecule has 1 aromatic rings. The summed E-state index contributed by atoms with van der Waals surface area (Å²) in [6.45, 7) is 10.5. The van der Waals surface area contributed by atoms with Gasteiger partial charge in [0.2, 0.25) is 0 Å². The van der Waals surface area contributed by atoms with Gasteiger partial charge in [-0.3, -0.25) is 4.99 Å². The summed E-state index contributed by atoms with van der Waals surface area (Å²) in [6.07, 6.45) is 38.8. The lowest BCUT2D eigenvalue weighted by Gasteiger charge is -2.34. The Bertz CT molecular complexity index is 1770. The van der Waals surface area contributed by atoms with Crippen LogP contribution in [0.1, 0.15) is 142 Å². The number of unbranched alkanes of at least 4 members (excludes halogenated alkanes) is 3. The Morgan fingerprint density at radius 1 is 1.05 bits per heavy atom. The van der Waals surface area contributed by atoms with Gasteiger partial charge in [0.25, 0.3) is 0 Å². The van der Waals surface area contributed by atoms with Gasteiger partial charge in [0.15, 0.2) is 5.89 Å². The molecule has 8 unspecified atom stereocenters. The highest BCUT2D eigenvalue weighted by Crippen LogP contribution is 2.30. The van der Waals surface area contributed by atoms with E-state index in [1.165, 1.54) is 5.57 Å². The van der Waals surface area contributed by atoms with Crippen molar-refractivity contribution < 1.29 is 43.1 Å². The lowest BCUT2D eigenvalue weighted by atomic mass is 9.95. The molecule has 0 saturated carbocycles. The van der Waals surface area contributed by atoms with Crippen molar-refractivity contribution in [2.24, 2.45) is 16.6 Å². The average Bonchev–Trinajstić information content (AvgIpc) is 3.71. The Morgan fingerprint density at radius 2 is 1.85 bits per heavy atom. The molecule has 0 amide bonds. The molecule has 3 rings (SSSR count). The van der Waals surface area contributed by atoms with Gasteiger partial charge in [0, 0.05) is 45.0 Å². The van der Waals surface area contributed by atoms with Crippen molar-refractivity contribution in [1.29, 1.82) is 0 Å². The van der Waals surface area contributed by atoms with E-state index in [0.29, 0.717) is 37.5 Å². The SMILES string of the molecule is C=C(CCC/C=C\C(=O)O)CC(O)CC1CCCC(C(=C/OC)/N=C/C=C/CCCCC(C)C/C(N)=C/c2coc(CC3CC(OC)CC(C/C=C(C)/C=C/C(C/C=C/C)OC)O3)n2)O1. The zero-order valence-electron chi connectivity index (χ0n) is 40.3. The van der Waals surface area contributed by atoms with Crippen molar-refractivity contribution in [3.8, 4) is 0 Å². The topological polar surface area (TPSA) is 168 Å². The number of hydrogen-bond donors (Lipinski definition) is 3. The van der Waals surface area contributed by atoms with Gasteiger partial charge >= 0.3 is 5.97 Å². The predicted octanol–water partition coefficient (Wildman–Crippen LogP) is 11.1. The first-order valence-electron chi connectivity index (χ1n) is 23.8. The molecule has 2 aliphatic rings. The van der Waals surface area contributed by atoms with Crippen LogP contribution in [-0.4, -0.2) is 91.4 Å². The van der Waals surface area contributed by atoms with Gasteiger partial charge in [-0.1, -0.05) is 80.0 Å². The summed E-state index contributed by atoms with van der Waals surface area (Å²) in [5, 5.41) is 19.5. The summed E-state index contributed by atoms with van der Waals surface area (Å²) in [5.41, 5.74) is 10.9. The summed E-state index contributed by atoms with van der Waals surface area (Å²) >= 11 is 0. The summed E-state index contributed by atoms with van der Waals surface area (Å²) < 4.78 is 35.4. The van der Waals surface area contributed by atoms with Crippen LogP contribution in [0.15, 0.2) is 106 Å². The van der Waals surface area contributed by atoms with Crippen LogP contribution in [-0.2, 0) is 34.9 Å². The molecule has 4 N–H and O–H groups in total. The minimum atomic E-state index is -0.940. The molecule has 2 aliphatic heterocycles. The molecule has 0 bridgehead atoms. The number of oxazole rings is 1. The number of hydrogen-bond acceptors (Lipinski definition) is 11. The van der Waals surface area contributed by atoms with E-state index in [4.69, 9.17) is 43.9 Å². The summed E-state index contributed by atoms with van der Waals surface area (Å²) in [7, 11) is 5.12. The van der Waals surface area contributed by atoms with Gasteiger partial charge in [-0.2, -0.15) is 0 Å². The van der Waals surface area contributed by atoms with E-state index in [9.17, 15) is 9.90 Å². The maximum absolute atomic E-state index is 10.7. The molecule has 12 nitrogen and oxygen atoms in total. The lowest BCUT2D eigenvalue weighted by molar-refractivity contribution is -0.131. The highest BCUT2D eigenvalue weighted by atomic mass is 16.5. The van der Waals surface area contributed by atoms with Crippen LogP contribution in [0.3, 0.4) is 0 Å². The molecule has 1 aromatic heterocycles. The maximum Gasteiger partial charge on any atom is 0.327 e. The van der Waals surface area contributed by atoms with E-state index in [1.807, 2.05) is 25.2 Å². The molecule has 12 heteroatoms. The first-order valence-corrected chi connectivity index (χ1v) is 23.8. The van der Waals surface area contributed by atoms with Crippen LogP contribution in [0.5, 0.6) is 0 Å². The molecule has 2 saturated heterocycles. The number of aromatic nitrogens is 1. The zero-order valence-corrected chi connectivity index (χ0v) is 40.3. The average molecular weight is 904 g/mol. The number of carboxylic acids is 1. The van der Waals surface area contributed by atoms with Crippen molar-refractivity contribution in [2.45, 2.75) is 179 Å². The van der Waals surface area contributed by atoms with E-state index >= 15 is 0 Å². The second-order valence-corrected chi connectivity index (χ2v) is 17.7. The molecule has 3 heterocycles. The van der Waals surface area contributed by atoms with Crippen LogP contribution in [0, 0.1) is 5.92 Å².